The lowest BCUT2D eigenvalue weighted by Crippen LogP contribution is -2.21. The topological polar surface area (TPSA) is 64.6 Å². The molecule has 0 bridgehead atoms. The molecule has 0 spiro atoms. The van der Waals surface area contributed by atoms with E-state index in [0.717, 1.165) is 6.07 Å². The van der Waals surface area contributed by atoms with Crippen molar-refractivity contribution in [1.82, 2.24) is 0 Å². The summed E-state index contributed by atoms with van der Waals surface area (Å²) in [6.45, 7) is -0.533. The molecule has 0 aromatic heterocycles. The highest BCUT2D eigenvalue weighted by Crippen LogP contribution is 2.27. The number of hydrogen-bond donors (Lipinski definition) is 1. The van der Waals surface area contributed by atoms with E-state index in [1.54, 1.807) is 0 Å². The lowest BCUT2D eigenvalue weighted by molar-refractivity contribution is -0.118. The Kier molecular flexibility index (Phi) is 5.41. The Bertz CT molecular complexity index is 780. The van der Waals surface area contributed by atoms with Gasteiger partial charge in [-0.25, -0.2) is 13.2 Å². The molecule has 0 unspecified atom stereocenters. The molecule has 1 N–H and O–H groups in total. The summed E-state index contributed by atoms with van der Waals surface area (Å²) in [6, 6.07) is 5.88. The minimum Gasteiger partial charge on any atom is -0.493 e. The van der Waals surface area contributed by atoms with Gasteiger partial charge in [0, 0.05) is 5.56 Å². The quantitative estimate of drug-likeness (QED) is 0.649. The van der Waals surface area contributed by atoms with E-state index in [9.17, 15) is 22.8 Å². The van der Waals surface area contributed by atoms with Crippen LogP contribution in [-0.4, -0.2) is 25.9 Å². The van der Waals surface area contributed by atoms with Gasteiger partial charge in [0.25, 0.3) is 5.91 Å². The van der Waals surface area contributed by atoms with Crippen LogP contribution in [0.15, 0.2) is 30.3 Å². The van der Waals surface area contributed by atoms with Crippen molar-refractivity contribution in [2.75, 3.05) is 19.0 Å². The first kappa shape index (κ1) is 17.3. The first-order valence-corrected chi connectivity index (χ1v) is 6.65. The Hall–Kier alpha value is -3.03. The maximum absolute atomic E-state index is 13.5. The van der Waals surface area contributed by atoms with Crippen LogP contribution in [0.5, 0.6) is 11.5 Å². The van der Waals surface area contributed by atoms with E-state index in [4.69, 9.17) is 9.47 Å². The van der Waals surface area contributed by atoms with E-state index in [1.165, 1.54) is 25.3 Å². The van der Waals surface area contributed by atoms with E-state index >= 15 is 0 Å². The highest BCUT2D eigenvalue weighted by Gasteiger charge is 2.16. The second-order valence-corrected chi connectivity index (χ2v) is 4.59. The lowest BCUT2D eigenvalue weighted by Gasteiger charge is -2.11. The van der Waals surface area contributed by atoms with Gasteiger partial charge in [0.05, 0.1) is 12.8 Å². The van der Waals surface area contributed by atoms with Crippen LogP contribution in [0, 0.1) is 17.5 Å². The molecule has 0 fully saturated rings. The number of benzene rings is 2. The molecule has 0 aliphatic heterocycles. The van der Waals surface area contributed by atoms with Crippen LogP contribution < -0.4 is 14.8 Å². The molecule has 2 aromatic carbocycles. The number of carbonyl (C=O) groups excluding carboxylic acids is 2. The number of nitrogens with one attached hydrogen (secondary N) is 1. The van der Waals surface area contributed by atoms with E-state index in [1.807, 2.05) is 0 Å². The van der Waals surface area contributed by atoms with Crippen LogP contribution >= 0.6 is 0 Å². The number of hydrogen-bond acceptors (Lipinski definition) is 4. The highest BCUT2D eigenvalue weighted by molar-refractivity contribution is 5.92. The first-order chi connectivity index (χ1) is 11.5. The van der Waals surface area contributed by atoms with Gasteiger partial charge in [-0.05, 0) is 30.3 Å². The molecule has 2 aromatic rings. The average Bonchev–Trinajstić information content (AvgIpc) is 2.60. The Balaban J connectivity index is 2.04. The number of rotatable bonds is 6. The molecular weight excluding hydrogens is 327 g/mol. The number of methoxy groups -OCH3 is 1. The molecule has 126 valence electrons. The van der Waals surface area contributed by atoms with Crippen molar-refractivity contribution < 1.29 is 32.2 Å². The number of amides is 1. The van der Waals surface area contributed by atoms with Crippen molar-refractivity contribution in [3.05, 3.63) is 53.3 Å². The number of anilines is 1. The maximum atomic E-state index is 13.5. The Morgan fingerprint density at radius 2 is 1.88 bits per heavy atom. The van der Waals surface area contributed by atoms with E-state index in [0.29, 0.717) is 17.9 Å². The van der Waals surface area contributed by atoms with Crippen molar-refractivity contribution in [1.29, 1.82) is 0 Å². The molecule has 8 heteroatoms. The van der Waals surface area contributed by atoms with Gasteiger partial charge in [-0.2, -0.15) is 0 Å². The second-order valence-electron chi connectivity index (χ2n) is 4.59. The minimum atomic E-state index is -1.68. The molecule has 1 amide bonds. The number of ether oxygens (including phenoxy) is 2. The van der Waals surface area contributed by atoms with Crippen LogP contribution in [-0.2, 0) is 4.79 Å². The Morgan fingerprint density at radius 1 is 1.12 bits per heavy atom. The van der Waals surface area contributed by atoms with Crippen molar-refractivity contribution in [2.24, 2.45) is 0 Å². The van der Waals surface area contributed by atoms with Gasteiger partial charge in [-0.3, -0.25) is 9.59 Å². The third kappa shape index (κ3) is 3.83. The van der Waals surface area contributed by atoms with Gasteiger partial charge >= 0.3 is 0 Å². The lowest BCUT2D eigenvalue weighted by atomic mass is 10.2. The summed E-state index contributed by atoms with van der Waals surface area (Å²) in [4.78, 5) is 22.4. The monoisotopic (exact) mass is 339 g/mol. The summed E-state index contributed by atoms with van der Waals surface area (Å²) in [7, 11) is 1.35. The number of carbonyl (C=O) groups is 2. The summed E-state index contributed by atoms with van der Waals surface area (Å²) in [6.07, 6.45) is 0.616. The van der Waals surface area contributed by atoms with Gasteiger partial charge < -0.3 is 14.8 Å². The summed E-state index contributed by atoms with van der Waals surface area (Å²) < 4.78 is 49.6. The van der Waals surface area contributed by atoms with E-state index in [2.05, 4.69) is 5.32 Å². The molecule has 24 heavy (non-hydrogen) atoms. The second kappa shape index (κ2) is 7.49. The predicted molar refractivity (Wildman–Crippen MR) is 78.8 cm³/mol. The smallest absolute Gasteiger partial charge is 0.262 e. The van der Waals surface area contributed by atoms with Crippen molar-refractivity contribution in [2.45, 2.75) is 0 Å². The van der Waals surface area contributed by atoms with Crippen LogP contribution in [0.3, 0.4) is 0 Å². The number of halogens is 3. The van der Waals surface area contributed by atoms with Gasteiger partial charge in [0.2, 0.25) is 0 Å². The molecule has 0 aliphatic rings. The van der Waals surface area contributed by atoms with Crippen LogP contribution in [0.1, 0.15) is 10.4 Å². The zero-order chi connectivity index (χ0) is 17.7. The van der Waals surface area contributed by atoms with Crippen molar-refractivity contribution in [3.8, 4) is 11.5 Å². The molecule has 2 rings (SSSR count). The van der Waals surface area contributed by atoms with Gasteiger partial charge in [-0.1, -0.05) is 0 Å². The number of aldehydes is 1. The summed E-state index contributed by atoms with van der Waals surface area (Å²) in [5.41, 5.74) is -0.154. The molecule has 0 aliphatic carbocycles. The fourth-order valence-corrected chi connectivity index (χ4v) is 1.83. The fraction of sp³-hybridized carbons (Fsp3) is 0.125. The molecule has 5 nitrogen and oxygen atoms in total. The normalized spacial score (nSPS) is 10.2. The Morgan fingerprint density at radius 3 is 2.54 bits per heavy atom. The SMILES string of the molecule is COc1cc(C=O)ccc1OCC(=O)Nc1ccc(F)c(F)c1F. The van der Waals surface area contributed by atoms with Crippen LogP contribution in [0.25, 0.3) is 0 Å². The molecular formula is C16H12F3NO4. The molecule has 0 saturated carbocycles. The molecule has 0 heterocycles. The summed E-state index contributed by atoms with van der Waals surface area (Å²) in [5.74, 6) is -4.92. The van der Waals surface area contributed by atoms with Crippen LogP contribution in [0.2, 0.25) is 0 Å². The van der Waals surface area contributed by atoms with Crippen LogP contribution in [0.4, 0.5) is 18.9 Å². The maximum Gasteiger partial charge on any atom is 0.262 e. The Labute approximate surface area is 135 Å². The molecule has 0 radical (unpaired) electrons. The highest BCUT2D eigenvalue weighted by atomic mass is 19.2. The largest absolute Gasteiger partial charge is 0.493 e. The summed E-state index contributed by atoms with van der Waals surface area (Å²) >= 11 is 0. The zero-order valence-corrected chi connectivity index (χ0v) is 12.4. The van der Waals surface area contributed by atoms with Gasteiger partial charge in [0.15, 0.2) is 35.6 Å². The third-order valence-corrected chi connectivity index (χ3v) is 2.99. The van der Waals surface area contributed by atoms with Crippen molar-refractivity contribution in [3.63, 3.8) is 0 Å². The molecule has 0 atom stereocenters. The zero-order valence-electron chi connectivity index (χ0n) is 12.4. The van der Waals surface area contributed by atoms with Crippen molar-refractivity contribution >= 4 is 17.9 Å². The predicted octanol–water partition coefficient (Wildman–Crippen LogP) is 2.94. The first-order valence-electron chi connectivity index (χ1n) is 6.65. The van der Waals surface area contributed by atoms with E-state index in [-0.39, 0.29) is 11.5 Å². The molecule has 0 saturated heterocycles. The third-order valence-electron chi connectivity index (χ3n) is 2.99. The van der Waals surface area contributed by atoms with E-state index < -0.39 is 35.7 Å². The minimum absolute atomic E-state index is 0.184. The van der Waals surface area contributed by atoms with Gasteiger partial charge in [0.1, 0.15) is 6.29 Å². The van der Waals surface area contributed by atoms with Gasteiger partial charge in [-0.15, -0.1) is 0 Å². The summed E-state index contributed by atoms with van der Waals surface area (Å²) in [5, 5.41) is 2.07. The standard InChI is InChI=1S/C16H12F3NO4/c1-23-13-6-9(7-21)2-5-12(13)24-8-14(22)20-11-4-3-10(17)15(18)16(11)19/h2-7H,8H2,1H3,(H,20,22). The fourth-order valence-electron chi connectivity index (χ4n) is 1.83. The average molecular weight is 339 g/mol.